The second-order valence-corrected chi connectivity index (χ2v) is 10.0. The van der Waals surface area contributed by atoms with Gasteiger partial charge in [0, 0.05) is 56.9 Å². The van der Waals surface area contributed by atoms with Crippen LogP contribution in [-0.4, -0.2) is 61.9 Å². The van der Waals surface area contributed by atoms with Gasteiger partial charge in [-0.05, 0) is 50.1 Å². The number of hydrogen-bond acceptors (Lipinski definition) is 4. The molecule has 0 N–H and O–H groups in total. The summed E-state index contributed by atoms with van der Waals surface area (Å²) >= 11 is 0. The van der Waals surface area contributed by atoms with E-state index in [2.05, 4.69) is 0 Å². The number of piperidine rings is 1. The molecule has 0 radical (unpaired) electrons. The monoisotopic (exact) mass is 498 g/mol. The van der Waals surface area contributed by atoms with Gasteiger partial charge in [-0.3, -0.25) is 9.59 Å². The first kappa shape index (κ1) is 25.5. The van der Waals surface area contributed by atoms with E-state index in [1.165, 1.54) is 12.1 Å². The summed E-state index contributed by atoms with van der Waals surface area (Å²) in [7, 11) is 3.40. The maximum Gasteiger partial charge on any atom is 0.417 e. The summed E-state index contributed by atoms with van der Waals surface area (Å²) in [5.41, 5.74) is 0.226. The SMILES string of the molecule is Cc1ccc(C(=O)N2CC(C(=O)N(C)C)C3(CCN(c4ccc(C#N)c(C(F)(F)F)c4)CC3)C2)cc1. The fourth-order valence-corrected chi connectivity index (χ4v) is 5.43. The van der Waals surface area contributed by atoms with Gasteiger partial charge in [0.15, 0.2) is 0 Å². The van der Waals surface area contributed by atoms with E-state index in [9.17, 15) is 22.8 Å². The standard InChI is InChI=1S/C27H29F3N4O2/c1-18-4-6-19(7-5-18)24(35)34-16-23(25(36)32(2)3)26(17-34)10-12-33(13-11-26)21-9-8-20(15-31)22(14-21)27(28,29)30/h4-9,14,23H,10-13,16-17H2,1-3H3. The molecule has 1 atom stereocenters. The fraction of sp³-hybridized carbons (Fsp3) is 0.444. The van der Waals surface area contributed by atoms with Crippen molar-refractivity contribution in [2.45, 2.75) is 25.9 Å². The van der Waals surface area contributed by atoms with Gasteiger partial charge in [-0.1, -0.05) is 17.7 Å². The number of nitriles is 1. The number of aryl methyl sites for hydroxylation is 1. The van der Waals surface area contributed by atoms with Crippen LogP contribution in [0, 0.1) is 29.6 Å². The number of nitrogens with zero attached hydrogens (tertiary/aromatic N) is 4. The number of hydrogen-bond donors (Lipinski definition) is 0. The summed E-state index contributed by atoms with van der Waals surface area (Å²) < 4.78 is 40.4. The zero-order valence-electron chi connectivity index (χ0n) is 20.6. The number of rotatable bonds is 3. The van der Waals surface area contributed by atoms with Gasteiger partial charge >= 0.3 is 6.18 Å². The first-order chi connectivity index (χ1) is 16.9. The van der Waals surface area contributed by atoms with Crippen molar-refractivity contribution in [1.82, 2.24) is 9.80 Å². The lowest BCUT2D eigenvalue weighted by Crippen LogP contribution is -2.48. The van der Waals surface area contributed by atoms with E-state index in [4.69, 9.17) is 5.26 Å². The van der Waals surface area contributed by atoms with Crippen LogP contribution in [0.15, 0.2) is 42.5 Å². The van der Waals surface area contributed by atoms with Crippen LogP contribution < -0.4 is 4.90 Å². The van der Waals surface area contributed by atoms with Crippen LogP contribution in [0.4, 0.5) is 18.9 Å². The molecule has 0 aromatic heterocycles. The summed E-state index contributed by atoms with van der Waals surface area (Å²) in [4.78, 5) is 31.6. The van der Waals surface area contributed by atoms with Crippen molar-refractivity contribution in [2.24, 2.45) is 11.3 Å². The van der Waals surface area contributed by atoms with Gasteiger partial charge in [0.2, 0.25) is 5.91 Å². The number of anilines is 1. The average molecular weight is 499 g/mol. The smallest absolute Gasteiger partial charge is 0.371 e. The molecule has 2 amide bonds. The topological polar surface area (TPSA) is 67.7 Å². The molecule has 0 bridgehead atoms. The van der Waals surface area contributed by atoms with Crippen LogP contribution in [0.2, 0.25) is 0 Å². The quantitative estimate of drug-likeness (QED) is 0.632. The number of amides is 2. The van der Waals surface area contributed by atoms with Crippen LogP contribution >= 0.6 is 0 Å². The molecule has 2 heterocycles. The highest BCUT2D eigenvalue weighted by atomic mass is 19.4. The first-order valence-electron chi connectivity index (χ1n) is 11.9. The molecule has 2 aromatic rings. The maximum absolute atomic E-state index is 13.5. The molecule has 9 heteroatoms. The third kappa shape index (κ3) is 4.77. The summed E-state index contributed by atoms with van der Waals surface area (Å²) in [6.45, 7) is 3.60. The van der Waals surface area contributed by atoms with Crippen molar-refractivity contribution in [3.63, 3.8) is 0 Å². The van der Waals surface area contributed by atoms with E-state index >= 15 is 0 Å². The largest absolute Gasteiger partial charge is 0.417 e. The molecule has 0 saturated carbocycles. The average Bonchev–Trinajstić information content (AvgIpc) is 3.21. The molecule has 2 saturated heterocycles. The number of benzene rings is 2. The Hall–Kier alpha value is -3.54. The van der Waals surface area contributed by atoms with E-state index in [1.807, 2.05) is 24.0 Å². The Morgan fingerprint density at radius 3 is 2.28 bits per heavy atom. The third-order valence-corrected chi connectivity index (χ3v) is 7.53. The summed E-state index contributed by atoms with van der Waals surface area (Å²) in [5, 5.41) is 9.08. The van der Waals surface area contributed by atoms with E-state index in [0.717, 1.165) is 11.6 Å². The van der Waals surface area contributed by atoms with E-state index < -0.39 is 22.7 Å². The van der Waals surface area contributed by atoms with Crippen molar-refractivity contribution in [3.8, 4) is 6.07 Å². The zero-order valence-corrected chi connectivity index (χ0v) is 20.6. The molecule has 4 rings (SSSR count). The minimum absolute atomic E-state index is 0.0413. The van der Waals surface area contributed by atoms with Crippen LogP contribution in [0.25, 0.3) is 0 Å². The molecule has 1 unspecified atom stereocenters. The summed E-state index contributed by atoms with van der Waals surface area (Å²) in [6.07, 6.45) is -3.49. The summed E-state index contributed by atoms with van der Waals surface area (Å²) in [6, 6.07) is 12.7. The Bertz CT molecular complexity index is 1190. The molecule has 2 aliphatic heterocycles. The highest BCUT2D eigenvalue weighted by Crippen LogP contribution is 2.47. The van der Waals surface area contributed by atoms with Gasteiger partial charge in [0.05, 0.1) is 23.1 Å². The molecular formula is C27H29F3N4O2. The van der Waals surface area contributed by atoms with E-state index in [-0.39, 0.29) is 17.7 Å². The minimum atomic E-state index is -4.62. The molecule has 2 aromatic carbocycles. The van der Waals surface area contributed by atoms with Gasteiger partial charge in [-0.25, -0.2) is 0 Å². The summed E-state index contributed by atoms with van der Waals surface area (Å²) in [5.74, 6) is -0.538. The first-order valence-corrected chi connectivity index (χ1v) is 11.9. The van der Waals surface area contributed by atoms with Crippen molar-refractivity contribution < 1.29 is 22.8 Å². The highest BCUT2D eigenvalue weighted by Gasteiger charge is 2.52. The molecule has 2 aliphatic rings. The lowest BCUT2D eigenvalue weighted by molar-refractivity contribution is -0.138. The second kappa shape index (κ2) is 9.49. The molecule has 2 fully saturated rings. The Kier molecular flexibility index (Phi) is 6.74. The molecule has 190 valence electrons. The predicted molar refractivity (Wildman–Crippen MR) is 129 cm³/mol. The number of likely N-dealkylation sites (tertiary alicyclic amines) is 1. The van der Waals surface area contributed by atoms with Gasteiger partial charge in [-0.15, -0.1) is 0 Å². The minimum Gasteiger partial charge on any atom is -0.371 e. The number of carbonyl (C=O) groups is 2. The van der Waals surface area contributed by atoms with Crippen LogP contribution in [0.1, 0.15) is 39.9 Å². The van der Waals surface area contributed by atoms with Crippen molar-refractivity contribution in [3.05, 3.63) is 64.7 Å². The molecule has 0 aliphatic carbocycles. The lowest BCUT2D eigenvalue weighted by Gasteiger charge is -2.43. The van der Waals surface area contributed by atoms with E-state index in [0.29, 0.717) is 50.3 Å². The predicted octanol–water partition coefficient (Wildman–Crippen LogP) is 4.33. The Morgan fingerprint density at radius 2 is 1.72 bits per heavy atom. The molecule has 1 spiro atoms. The lowest BCUT2D eigenvalue weighted by atomic mass is 9.70. The van der Waals surface area contributed by atoms with Gasteiger partial charge < -0.3 is 14.7 Å². The highest BCUT2D eigenvalue weighted by molar-refractivity contribution is 5.95. The van der Waals surface area contributed by atoms with Crippen LogP contribution in [0.5, 0.6) is 0 Å². The van der Waals surface area contributed by atoms with Gasteiger partial charge in [0.1, 0.15) is 0 Å². The Labute approximate surface area is 208 Å². The fourth-order valence-electron chi connectivity index (χ4n) is 5.43. The third-order valence-electron chi connectivity index (χ3n) is 7.53. The van der Waals surface area contributed by atoms with Crippen molar-refractivity contribution in [1.29, 1.82) is 5.26 Å². The molecular weight excluding hydrogens is 469 g/mol. The zero-order chi connectivity index (χ0) is 26.3. The normalized spacial score (nSPS) is 19.3. The second-order valence-electron chi connectivity index (χ2n) is 10.0. The molecule has 36 heavy (non-hydrogen) atoms. The van der Waals surface area contributed by atoms with Crippen molar-refractivity contribution in [2.75, 3.05) is 45.2 Å². The number of alkyl halides is 3. The number of halogens is 3. The van der Waals surface area contributed by atoms with Crippen LogP contribution in [0.3, 0.4) is 0 Å². The van der Waals surface area contributed by atoms with Gasteiger partial charge in [0.25, 0.3) is 5.91 Å². The Morgan fingerprint density at radius 1 is 1.08 bits per heavy atom. The van der Waals surface area contributed by atoms with E-state index in [1.54, 1.807) is 42.1 Å². The number of carbonyl (C=O) groups excluding carboxylic acids is 2. The van der Waals surface area contributed by atoms with Gasteiger partial charge in [-0.2, -0.15) is 18.4 Å². The maximum atomic E-state index is 13.5. The molecule has 6 nitrogen and oxygen atoms in total. The van der Waals surface area contributed by atoms with Crippen molar-refractivity contribution >= 4 is 17.5 Å². The Balaban J connectivity index is 1.57. The van der Waals surface area contributed by atoms with Crippen LogP contribution in [-0.2, 0) is 11.0 Å².